The summed E-state index contributed by atoms with van der Waals surface area (Å²) in [6.45, 7) is 4.27. The Morgan fingerprint density at radius 1 is 0.750 bits per heavy atom. The normalized spacial score (nSPS) is 11.5. The molecule has 2 N–H and O–H groups in total. The number of aromatic hydroxyl groups is 2. The number of allylic oxidation sites excluding steroid dienone is 2. The van der Waals surface area contributed by atoms with Crippen LogP contribution in [0.25, 0.3) is 11.1 Å². The highest BCUT2D eigenvalue weighted by molar-refractivity contribution is 7.83. The lowest BCUT2D eigenvalue weighted by Crippen LogP contribution is -1.91. The van der Waals surface area contributed by atoms with Gasteiger partial charge in [0.05, 0.1) is 0 Å². The van der Waals surface area contributed by atoms with Gasteiger partial charge in [-0.3, -0.25) is 4.21 Å². The summed E-state index contributed by atoms with van der Waals surface area (Å²) in [5.41, 5.74) is 4.82. The first kappa shape index (κ1) is 20.0. The van der Waals surface area contributed by atoms with Crippen molar-refractivity contribution in [2.75, 3.05) is 12.5 Å². The fraction of sp³-hybridized carbons (Fsp3) is 0.300. The Labute approximate surface area is 147 Å². The molecule has 0 radical (unpaired) electrons. The van der Waals surface area contributed by atoms with E-state index in [-0.39, 0.29) is 11.5 Å². The largest absolute Gasteiger partial charge is 0.508 e. The van der Waals surface area contributed by atoms with E-state index in [2.05, 4.69) is 13.8 Å². The summed E-state index contributed by atoms with van der Waals surface area (Å²) in [4.78, 5) is 0. The molecule has 0 aliphatic rings. The molecule has 2 rings (SSSR count). The van der Waals surface area contributed by atoms with E-state index < -0.39 is 10.8 Å². The van der Waals surface area contributed by atoms with Crippen molar-refractivity contribution in [2.45, 2.75) is 26.7 Å². The molecule has 2 aromatic rings. The van der Waals surface area contributed by atoms with Gasteiger partial charge in [0.15, 0.2) is 0 Å². The summed E-state index contributed by atoms with van der Waals surface area (Å²) in [5.74, 6) is 0.568. The summed E-state index contributed by atoms with van der Waals surface area (Å²) >= 11 is 0. The molecule has 0 unspecified atom stereocenters. The molecule has 0 aliphatic carbocycles. The van der Waals surface area contributed by atoms with Crippen molar-refractivity contribution in [2.24, 2.45) is 0 Å². The third-order valence-electron chi connectivity index (χ3n) is 3.50. The van der Waals surface area contributed by atoms with Crippen LogP contribution in [0.5, 0.6) is 11.5 Å². The molecule has 0 bridgehead atoms. The Hall–Kier alpha value is -2.07. The number of phenolic OH excluding ortho intramolecular Hbond substituents is 2. The minimum absolute atomic E-state index is 0.284. The van der Waals surface area contributed by atoms with Gasteiger partial charge in [0.25, 0.3) is 0 Å². The molecule has 0 amide bonds. The summed E-state index contributed by atoms with van der Waals surface area (Å²) in [5, 5.41) is 18.8. The minimum atomic E-state index is -0.611. The van der Waals surface area contributed by atoms with E-state index in [0.29, 0.717) is 0 Å². The van der Waals surface area contributed by atoms with Gasteiger partial charge in [-0.25, -0.2) is 0 Å². The number of benzene rings is 2. The molecular weight excluding hydrogens is 320 g/mol. The van der Waals surface area contributed by atoms with Crippen LogP contribution in [0.1, 0.15) is 37.8 Å². The zero-order valence-electron chi connectivity index (χ0n) is 14.7. The molecule has 0 fully saturated rings. The monoisotopic (exact) mass is 346 g/mol. The predicted octanol–water partition coefficient (Wildman–Crippen LogP) is 4.82. The molecule has 0 atom stereocenters. The van der Waals surface area contributed by atoms with E-state index in [0.717, 1.165) is 24.0 Å². The summed E-state index contributed by atoms with van der Waals surface area (Å²) in [6.07, 6.45) is 5.13. The van der Waals surface area contributed by atoms with Crippen molar-refractivity contribution in [1.29, 1.82) is 0 Å². The third kappa shape index (κ3) is 6.20. The standard InChI is InChI=1S/C18H20O2.C2H6OS/c1-3-17(13-5-9-15(19)10-6-13)18(4-2)14-7-11-16(20)12-8-14;1-4(2)3/h5-12,19-20H,3-4H2,1-2H3;1-2H3/b18-17+;. The first-order chi connectivity index (χ1) is 11.4. The van der Waals surface area contributed by atoms with Gasteiger partial charge in [0.1, 0.15) is 11.5 Å². The molecule has 130 valence electrons. The number of hydrogen-bond acceptors (Lipinski definition) is 3. The highest BCUT2D eigenvalue weighted by Gasteiger charge is 2.09. The lowest BCUT2D eigenvalue weighted by molar-refractivity contribution is 0.474. The molecule has 0 saturated carbocycles. The van der Waals surface area contributed by atoms with E-state index in [1.54, 1.807) is 36.8 Å². The van der Waals surface area contributed by atoms with Crippen molar-refractivity contribution in [1.82, 2.24) is 0 Å². The van der Waals surface area contributed by atoms with Crippen LogP contribution in [-0.2, 0) is 10.8 Å². The maximum absolute atomic E-state index is 9.56. The van der Waals surface area contributed by atoms with Gasteiger partial charge < -0.3 is 10.2 Å². The van der Waals surface area contributed by atoms with Crippen LogP contribution in [0.4, 0.5) is 0 Å². The van der Waals surface area contributed by atoms with Gasteiger partial charge in [-0.15, -0.1) is 0 Å². The lowest BCUT2D eigenvalue weighted by Gasteiger charge is -2.14. The van der Waals surface area contributed by atoms with Gasteiger partial charge in [0, 0.05) is 23.3 Å². The van der Waals surface area contributed by atoms with Crippen LogP contribution in [0.2, 0.25) is 0 Å². The molecule has 0 heterocycles. The molecule has 0 spiro atoms. The van der Waals surface area contributed by atoms with Crippen LogP contribution in [0, 0.1) is 0 Å². The van der Waals surface area contributed by atoms with Gasteiger partial charge in [-0.05, 0) is 59.4 Å². The Morgan fingerprint density at radius 2 is 1.00 bits per heavy atom. The zero-order chi connectivity index (χ0) is 18.1. The van der Waals surface area contributed by atoms with Crippen molar-refractivity contribution >= 4 is 21.9 Å². The molecule has 2 aromatic carbocycles. The average molecular weight is 346 g/mol. The molecule has 3 nitrogen and oxygen atoms in total. The maximum atomic E-state index is 9.56. The van der Waals surface area contributed by atoms with E-state index in [9.17, 15) is 14.4 Å². The summed E-state index contributed by atoms with van der Waals surface area (Å²) in [7, 11) is -0.611. The van der Waals surface area contributed by atoms with Gasteiger partial charge in [-0.2, -0.15) is 0 Å². The van der Waals surface area contributed by atoms with Crippen LogP contribution >= 0.6 is 0 Å². The van der Waals surface area contributed by atoms with Crippen LogP contribution in [-0.4, -0.2) is 26.9 Å². The Kier molecular flexibility index (Phi) is 8.27. The van der Waals surface area contributed by atoms with Crippen molar-refractivity contribution in [3.8, 4) is 11.5 Å². The second-order valence-electron chi connectivity index (χ2n) is 5.50. The minimum Gasteiger partial charge on any atom is -0.508 e. The van der Waals surface area contributed by atoms with Crippen molar-refractivity contribution < 1.29 is 14.4 Å². The lowest BCUT2D eigenvalue weighted by atomic mass is 9.91. The van der Waals surface area contributed by atoms with E-state index in [4.69, 9.17) is 0 Å². The second-order valence-corrected chi connectivity index (χ2v) is 6.98. The Bertz CT molecular complexity index is 626. The third-order valence-corrected chi connectivity index (χ3v) is 3.50. The number of rotatable bonds is 4. The Balaban J connectivity index is 0.000000648. The fourth-order valence-electron chi connectivity index (χ4n) is 2.51. The van der Waals surface area contributed by atoms with Crippen LogP contribution < -0.4 is 0 Å². The quantitative estimate of drug-likeness (QED) is 0.780. The number of phenols is 2. The fourth-order valence-corrected chi connectivity index (χ4v) is 2.51. The van der Waals surface area contributed by atoms with Gasteiger partial charge >= 0.3 is 0 Å². The molecular formula is C20H26O3S. The maximum Gasteiger partial charge on any atom is 0.115 e. The first-order valence-corrected chi connectivity index (χ1v) is 9.91. The van der Waals surface area contributed by atoms with Crippen LogP contribution in [0.15, 0.2) is 48.5 Å². The molecule has 24 heavy (non-hydrogen) atoms. The average Bonchev–Trinajstić information content (AvgIpc) is 2.54. The topological polar surface area (TPSA) is 57.5 Å². The SMILES string of the molecule is CC/C(=C(/CC)c1ccc(O)cc1)c1ccc(O)cc1.CS(C)=O. The highest BCUT2D eigenvalue weighted by Crippen LogP contribution is 2.32. The molecule has 4 heteroatoms. The summed E-state index contributed by atoms with van der Waals surface area (Å²) < 4.78 is 9.56. The van der Waals surface area contributed by atoms with Gasteiger partial charge in [0.2, 0.25) is 0 Å². The van der Waals surface area contributed by atoms with Gasteiger partial charge in [-0.1, -0.05) is 38.1 Å². The molecule has 0 aromatic heterocycles. The highest BCUT2D eigenvalue weighted by atomic mass is 32.2. The first-order valence-electron chi connectivity index (χ1n) is 7.94. The van der Waals surface area contributed by atoms with E-state index in [1.807, 2.05) is 24.3 Å². The Morgan fingerprint density at radius 3 is 1.21 bits per heavy atom. The van der Waals surface area contributed by atoms with Crippen LogP contribution in [0.3, 0.4) is 0 Å². The van der Waals surface area contributed by atoms with Crippen molar-refractivity contribution in [3.63, 3.8) is 0 Å². The molecule has 0 saturated heterocycles. The van der Waals surface area contributed by atoms with E-state index >= 15 is 0 Å². The number of hydrogen-bond donors (Lipinski definition) is 2. The zero-order valence-corrected chi connectivity index (χ0v) is 15.6. The second kappa shape index (κ2) is 9.93. The predicted molar refractivity (Wildman–Crippen MR) is 104 cm³/mol. The van der Waals surface area contributed by atoms with E-state index in [1.165, 1.54) is 11.1 Å². The smallest absolute Gasteiger partial charge is 0.115 e. The summed E-state index contributed by atoms with van der Waals surface area (Å²) in [6, 6.07) is 14.7. The van der Waals surface area contributed by atoms with Crippen molar-refractivity contribution in [3.05, 3.63) is 59.7 Å². The molecule has 0 aliphatic heterocycles.